The molecule has 0 unspecified atom stereocenters. The first kappa shape index (κ1) is 17.7. The minimum Gasteiger partial charge on any atom is -0.340 e. The molecular formula is C20H21N3O3. The molecule has 0 saturated carbocycles. The Balaban J connectivity index is 1.71. The van der Waals surface area contributed by atoms with E-state index < -0.39 is 17.5 Å². The number of benzene rings is 2. The maximum atomic E-state index is 12.8. The number of carbonyl (C=O) groups excluding carboxylic acids is 3. The zero-order valence-electron chi connectivity index (χ0n) is 14.8. The van der Waals surface area contributed by atoms with Gasteiger partial charge in [0.25, 0.3) is 5.91 Å². The van der Waals surface area contributed by atoms with Crippen molar-refractivity contribution in [1.82, 2.24) is 15.1 Å². The molecule has 6 nitrogen and oxygen atoms in total. The van der Waals surface area contributed by atoms with Gasteiger partial charge in [0.15, 0.2) is 0 Å². The molecule has 3 rings (SSSR count). The van der Waals surface area contributed by atoms with Crippen molar-refractivity contribution in [3.05, 3.63) is 71.8 Å². The van der Waals surface area contributed by atoms with Gasteiger partial charge in [-0.05, 0) is 18.1 Å². The van der Waals surface area contributed by atoms with Crippen LogP contribution in [0, 0.1) is 0 Å². The van der Waals surface area contributed by atoms with Crippen molar-refractivity contribution >= 4 is 17.8 Å². The van der Waals surface area contributed by atoms with Gasteiger partial charge in [0.1, 0.15) is 12.1 Å². The van der Waals surface area contributed by atoms with E-state index in [1.54, 1.807) is 26.1 Å². The highest BCUT2D eigenvalue weighted by Gasteiger charge is 2.49. The lowest BCUT2D eigenvalue weighted by molar-refractivity contribution is -0.138. The Morgan fingerprint density at radius 2 is 1.62 bits per heavy atom. The van der Waals surface area contributed by atoms with Gasteiger partial charge < -0.3 is 10.2 Å². The third-order valence-electron chi connectivity index (χ3n) is 4.61. The Labute approximate surface area is 152 Å². The molecule has 0 bridgehead atoms. The van der Waals surface area contributed by atoms with Crippen LogP contribution in [-0.4, -0.2) is 41.2 Å². The summed E-state index contributed by atoms with van der Waals surface area (Å²) < 4.78 is 0. The summed E-state index contributed by atoms with van der Waals surface area (Å²) in [4.78, 5) is 40.1. The number of nitrogens with zero attached hydrogens (tertiary/aromatic N) is 2. The second-order valence-corrected chi connectivity index (χ2v) is 6.55. The maximum absolute atomic E-state index is 12.8. The van der Waals surface area contributed by atoms with Gasteiger partial charge in [0, 0.05) is 13.6 Å². The monoisotopic (exact) mass is 351 g/mol. The van der Waals surface area contributed by atoms with Crippen LogP contribution in [0.15, 0.2) is 60.7 Å². The second-order valence-electron chi connectivity index (χ2n) is 6.55. The summed E-state index contributed by atoms with van der Waals surface area (Å²) in [7, 11) is 1.66. The molecule has 26 heavy (non-hydrogen) atoms. The highest BCUT2D eigenvalue weighted by atomic mass is 16.2. The summed E-state index contributed by atoms with van der Waals surface area (Å²) in [6, 6.07) is 18.0. The standard InChI is InChI=1S/C20H21N3O3/c1-20(16-11-7-4-8-12-16)18(25)23(19(26)21-20)14-17(24)22(2)13-15-9-5-3-6-10-15/h3-12H,13-14H2,1-2H3,(H,21,26)/t20-/m0/s1. The molecule has 0 aromatic heterocycles. The third kappa shape index (κ3) is 3.31. The van der Waals surface area contributed by atoms with Gasteiger partial charge in [0.2, 0.25) is 5.91 Å². The van der Waals surface area contributed by atoms with E-state index >= 15 is 0 Å². The van der Waals surface area contributed by atoms with Gasteiger partial charge in [-0.3, -0.25) is 14.5 Å². The van der Waals surface area contributed by atoms with Crippen molar-refractivity contribution in [3.63, 3.8) is 0 Å². The minimum absolute atomic E-state index is 0.281. The van der Waals surface area contributed by atoms with E-state index in [0.717, 1.165) is 10.5 Å². The van der Waals surface area contributed by atoms with Gasteiger partial charge in [-0.2, -0.15) is 0 Å². The quantitative estimate of drug-likeness (QED) is 0.839. The average Bonchev–Trinajstić information content (AvgIpc) is 2.87. The van der Waals surface area contributed by atoms with Crippen molar-refractivity contribution in [2.45, 2.75) is 19.0 Å². The summed E-state index contributed by atoms with van der Waals surface area (Å²) in [5, 5.41) is 2.71. The lowest BCUT2D eigenvalue weighted by Gasteiger charge is -2.23. The SMILES string of the molecule is CN(Cc1ccccc1)C(=O)CN1C(=O)N[C@@](C)(c2ccccc2)C1=O. The van der Waals surface area contributed by atoms with Crippen LogP contribution in [0.25, 0.3) is 0 Å². The fourth-order valence-electron chi connectivity index (χ4n) is 3.01. The summed E-state index contributed by atoms with van der Waals surface area (Å²) in [5.74, 6) is -0.718. The molecular weight excluding hydrogens is 330 g/mol. The fourth-order valence-corrected chi connectivity index (χ4v) is 3.01. The zero-order chi connectivity index (χ0) is 18.7. The molecule has 2 aromatic rings. The van der Waals surface area contributed by atoms with E-state index in [9.17, 15) is 14.4 Å². The fraction of sp³-hybridized carbons (Fsp3) is 0.250. The smallest absolute Gasteiger partial charge is 0.325 e. The molecule has 1 aliphatic heterocycles. The molecule has 1 fully saturated rings. The summed E-state index contributed by atoms with van der Waals surface area (Å²) >= 11 is 0. The second kappa shape index (κ2) is 7.00. The van der Waals surface area contributed by atoms with E-state index in [2.05, 4.69) is 5.32 Å². The predicted octanol–water partition coefficient (Wildman–Crippen LogP) is 2.11. The van der Waals surface area contributed by atoms with Gasteiger partial charge in [-0.15, -0.1) is 0 Å². The number of amides is 4. The first-order valence-electron chi connectivity index (χ1n) is 8.39. The Kier molecular flexibility index (Phi) is 4.75. The molecule has 4 amide bonds. The Morgan fingerprint density at radius 3 is 2.23 bits per heavy atom. The Hall–Kier alpha value is -3.15. The van der Waals surface area contributed by atoms with Gasteiger partial charge in [-0.1, -0.05) is 60.7 Å². The van der Waals surface area contributed by atoms with Crippen molar-refractivity contribution in [1.29, 1.82) is 0 Å². The van der Waals surface area contributed by atoms with Crippen LogP contribution < -0.4 is 5.32 Å². The van der Waals surface area contributed by atoms with Crippen LogP contribution in [-0.2, 0) is 21.7 Å². The van der Waals surface area contributed by atoms with Gasteiger partial charge in [0.05, 0.1) is 0 Å². The van der Waals surface area contributed by atoms with Gasteiger partial charge >= 0.3 is 6.03 Å². The molecule has 134 valence electrons. The molecule has 1 aliphatic rings. The normalized spacial score (nSPS) is 19.4. The number of rotatable bonds is 5. The molecule has 0 aliphatic carbocycles. The molecule has 1 atom stereocenters. The van der Waals surface area contributed by atoms with Crippen LogP contribution in [0.5, 0.6) is 0 Å². The van der Waals surface area contributed by atoms with E-state index in [4.69, 9.17) is 0 Å². The minimum atomic E-state index is -1.16. The topological polar surface area (TPSA) is 69.7 Å². The summed E-state index contributed by atoms with van der Waals surface area (Å²) in [6.07, 6.45) is 0. The van der Waals surface area contributed by atoms with Crippen molar-refractivity contribution in [3.8, 4) is 0 Å². The number of carbonyl (C=O) groups is 3. The molecule has 0 radical (unpaired) electrons. The lowest BCUT2D eigenvalue weighted by Crippen LogP contribution is -2.43. The number of imide groups is 1. The Morgan fingerprint density at radius 1 is 1.04 bits per heavy atom. The van der Waals surface area contributed by atoms with Crippen molar-refractivity contribution < 1.29 is 14.4 Å². The van der Waals surface area contributed by atoms with Gasteiger partial charge in [-0.25, -0.2) is 4.79 Å². The van der Waals surface area contributed by atoms with Crippen molar-refractivity contribution in [2.75, 3.05) is 13.6 Å². The number of nitrogens with one attached hydrogen (secondary N) is 1. The highest BCUT2D eigenvalue weighted by Crippen LogP contribution is 2.28. The van der Waals surface area contributed by atoms with E-state index in [1.807, 2.05) is 48.5 Å². The number of urea groups is 1. The third-order valence-corrected chi connectivity index (χ3v) is 4.61. The predicted molar refractivity (Wildman–Crippen MR) is 97.0 cm³/mol. The first-order valence-corrected chi connectivity index (χ1v) is 8.39. The van der Waals surface area contributed by atoms with Crippen molar-refractivity contribution in [2.24, 2.45) is 0 Å². The molecule has 2 aromatic carbocycles. The van der Waals surface area contributed by atoms with E-state index in [0.29, 0.717) is 12.1 Å². The van der Waals surface area contributed by atoms with E-state index in [1.165, 1.54) is 4.90 Å². The van der Waals surface area contributed by atoms with Crippen LogP contribution in [0.4, 0.5) is 4.79 Å². The molecule has 6 heteroatoms. The van der Waals surface area contributed by atoms with Crippen LogP contribution in [0.3, 0.4) is 0 Å². The first-order chi connectivity index (χ1) is 12.4. The highest BCUT2D eigenvalue weighted by molar-refractivity contribution is 6.09. The molecule has 1 saturated heterocycles. The lowest BCUT2D eigenvalue weighted by atomic mass is 9.92. The average molecular weight is 351 g/mol. The zero-order valence-corrected chi connectivity index (χ0v) is 14.8. The van der Waals surface area contributed by atoms with Crippen LogP contribution in [0.2, 0.25) is 0 Å². The number of hydrogen-bond donors (Lipinski definition) is 1. The summed E-state index contributed by atoms with van der Waals surface area (Å²) in [6.45, 7) is 1.79. The number of likely N-dealkylation sites (N-methyl/N-ethyl adjacent to an activating group) is 1. The molecule has 1 N–H and O–H groups in total. The summed E-state index contributed by atoms with van der Waals surface area (Å²) in [5.41, 5.74) is 0.511. The van der Waals surface area contributed by atoms with Crippen LogP contribution in [0.1, 0.15) is 18.1 Å². The molecule has 1 heterocycles. The largest absolute Gasteiger partial charge is 0.340 e. The number of hydrogen-bond acceptors (Lipinski definition) is 3. The van der Waals surface area contributed by atoms with E-state index in [-0.39, 0.29) is 12.5 Å². The Bertz CT molecular complexity index is 823. The maximum Gasteiger partial charge on any atom is 0.325 e. The molecule has 0 spiro atoms. The van der Waals surface area contributed by atoms with Crippen LogP contribution >= 0.6 is 0 Å².